The van der Waals surface area contributed by atoms with Crippen molar-refractivity contribution in [1.82, 2.24) is 4.90 Å². The predicted molar refractivity (Wildman–Crippen MR) is 164 cm³/mol. The van der Waals surface area contributed by atoms with Gasteiger partial charge in [0.15, 0.2) is 0 Å². The van der Waals surface area contributed by atoms with Crippen LogP contribution in [-0.4, -0.2) is 64.7 Å². The Hall–Kier alpha value is -4.15. The van der Waals surface area contributed by atoms with Crippen molar-refractivity contribution in [2.75, 3.05) is 54.5 Å². The molecule has 3 aromatic rings. The number of esters is 1. The second-order valence-electron chi connectivity index (χ2n) is 9.91. The quantitative estimate of drug-likeness (QED) is 0.233. The molecule has 1 amide bonds. The third-order valence-corrected chi connectivity index (χ3v) is 8.55. The molecule has 0 spiro atoms. The maximum Gasteiger partial charge on any atom is 0.338 e. The van der Waals surface area contributed by atoms with Crippen LogP contribution in [-0.2, 0) is 19.6 Å². The van der Waals surface area contributed by atoms with Crippen LogP contribution in [0.4, 0.5) is 17.1 Å². The average Bonchev–Trinajstić information content (AvgIpc) is 3.27. The summed E-state index contributed by atoms with van der Waals surface area (Å²) < 4.78 is 32.6. The van der Waals surface area contributed by atoms with Crippen molar-refractivity contribution < 1.29 is 22.7 Å². The van der Waals surface area contributed by atoms with E-state index < -0.39 is 16.0 Å². The molecule has 9 nitrogen and oxygen atoms in total. The number of likely N-dealkylation sites (N-methyl/N-ethyl adjacent to an activating group) is 1. The van der Waals surface area contributed by atoms with E-state index in [1.807, 2.05) is 56.3 Å². The number of ether oxygens (including phenoxy) is 1. The number of sulfonamides is 1. The summed E-state index contributed by atoms with van der Waals surface area (Å²) in [5.41, 5.74) is 4.62. The molecule has 0 radical (unpaired) electrons. The van der Waals surface area contributed by atoms with E-state index in [0.29, 0.717) is 59.0 Å². The molecule has 0 atom stereocenters. The molecular weight excluding hydrogens is 540 g/mol. The Kier molecular flexibility index (Phi) is 9.46. The number of amides is 1. The number of hydrogen-bond donors (Lipinski definition) is 2. The first-order valence-corrected chi connectivity index (χ1v) is 15.2. The summed E-state index contributed by atoms with van der Waals surface area (Å²) in [5, 5.41) is 6.27. The highest BCUT2D eigenvalue weighted by Gasteiger charge is 2.29. The summed E-state index contributed by atoms with van der Waals surface area (Å²) in [6.07, 6.45) is 0.527. The van der Waals surface area contributed by atoms with Gasteiger partial charge in [-0.1, -0.05) is 43.3 Å². The van der Waals surface area contributed by atoms with Gasteiger partial charge in [0.1, 0.15) is 0 Å². The van der Waals surface area contributed by atoms with Crippen LogP contribution in [0.3, 0.4) is 0 Å². The highest BCUT2D eigenvalue weighted by Crippen LogP contribution is 2.38. The zero-order valence-corrected chi connectivity index (χ0v) is 24.6. The van der Waals surface area contributed by atoms with E-state index in [0.717, 1.165) is 5.56 Å². The lowest BCUT2D eigenvalue weighted by Gasteiger charge is -2.26. The van der Waals surface area contributed by atoms with Gasteiger partial charge in [0.25, 0.3) is 5.91 Å². The van der Waals surface area contributed by atoms with Gasteiger partial charge in [0, 0.05) is 24.3 Å². The number of carbonyl (C=O) groups is 2. The molecule has 4 rings (SSSR count). The lowest BCUT2D eigenvalue weighted by molar-refractivity contribution is -0.110. The van der Waals surface area contributed by atoms with Crippen molar-refractivity contribution >= 4 is 50.2 Å². The largest absolute Gasteiger partial charge is 0.462 e. The van der Waals surface area contributed by atoms with Crippen molar-refractivity contribution in [3.8, 4) is 0 Å². The van der Waals surface area contributed by atoms with E-state index in [1.54, 1.807) is 49.4 Å². The Morgan fingerprint density at radius 1 is 0.927 bits per heavy atom. The van der Waals surface area contributed by atoms with Crippen LogP contribution in [0.15, 0.2) is 72.8 Å². The highest BCUT2D eigenvalue weighted by atomic mass is 32.2. The first kappa shape index (κ1) is 29.8. The van der Waals surface area contributed by atoms with Crippen molar-refractivity contribution in [3.05, 3.63) is 89.5 Å². The number of benzene rings is 3. The van der Waals surface area contributed by atoms with Gasteiger partial charge in [0.05, 0.1) is 40.6 Å². The van der Waals surface area contributed by atoms with Gasteiger partial charge in [-0.3, -0.25) is 9.10 Å². The van der Waals surface area contributed by atoms with Crippen LogP contribution in [0.1, 0.15) is 41.8 Å². The number of rotatable bonds is 12. The van der Waals surface area contributed by atoms with Gasteiger partial charge >= 0.3 is 5.97 Å². The number of hydrogen-bond acceptors (Lipinski definition) is 7. The Morgan fingerprint density at radius 3 is 2.27 bits per heavy atom. The molecule has 0 aliphatic carbocycles. The molecule has 1 aliphatic rings. The molecule has 0 aromatic heterocycles. The minimum atomic E-state index is -3.48. The summed E-state index contributed by atoms with van der Waals surface area (Å²) in [6, 6.07) is 21.6. The summed E-state index contributed by atoms with van der Waals surface area (Å²) in [4.78, 5) is 27.5. The van der Waals surface area contributed by atoms with E-state index in [9.17, 15) is 18.0 Å². The molecule has 0 fully saturated rings. The van der Waals surface area contributed by atoms with Gasteiger partial charge in [-0.25, -0.2) is 13.2 Å². The van der Waals surface area contributed by atoms with E-state index in [1.165, 1.54) is 4.31 Å². The Labute approximate surface area is 241 Å². The fourth-order valence-corrected chi connectivity index (χ4v) is 6.13. The first-order chi connectivity index (χ1) is 19.6. The lowest BCUT2D eigenvalue weighted by atomic mass is 9.99. The van der Waals surface area contributed by atoms with Gasteiger partial charge in [-0.05, 0) is 69.4 Å². The second-order valence-corrected chi connectivity index (χ2v) is 11.9. The predicted octanol–water partition coefficient (Wildman–Crippen LogP) is 4.90. The first-order valence-electron chi connectivity index (χ1n) is 13.6. The minimum Gasteiger partial charge on any atom is -0.462 e. The number of carbonyl (C=O) groups excluding carboxylic acids is 2. The van der Waals surface area contributed by atoms with Crippen LogP contribution in [0.5, 0.6) is 0 Å². The number of nitrogens with zero attached hydrogens (tertiary/aromatic N) is 2. The smallest absolute Gasteiger partial charge is 0.338 e. The van der Waals surface area contributed by atoms with E-state index in [2.05, 4.69) is 10.6 Å². The fourth-order valence-electron chi connectivity index (χ4n) is 4.59. The van der Waals surface area contributed by atoms with Crippen molar-refractivity contribution in [2.24, 2.45) is 0 Å². The molecule has 3 aromatic carbocycles. The van der Waals surface area contributed by atoms with Crippen molar-refractivity contribution in [3.63, 3.8) is 0 Å². The zero-order valence-electron chi connectivity index (χ0n) is 23.8. The molecule has 41 heavy (non-hydrogen) atoms. The number of anilines is 3. The molecule has 0 unspecified atom stereocenters. The SMILES string of the molecule is CCCS(=O)(=O)N(CCN(C)C)c1ccc(NC(=C2C(=O)Nc3cc(C(=O)OCC)ccc32)c2ccccc2)cc1. The van der Waals surface area contributed by atoms with E-state index in [4.69, 9.17) is 4.74 Å². The minimum absolute atomic E-state index is 0.0666. The van der Waals surface area contributed by atoms with Crippen LogP contribution in [0.25, 0.3) is 11.3 Å². The molecule has 0 saturated carbocycles. The fraction of sp³-hybridized carbons (Fsp3) is 0.290. The van der Waals surface area contributed by atoms with Crippen LogP contribution >= 0.6 is 0 Å². The van der Waals surface area contributed by atoms with Crippen molar-refractivity contribution in [2.45, 2.75) is 20.3 Å². The molecule has 1 heterocycles. The Bertz CT molecular complexity index is 1530. The van der Waals surface area contributed by atoms with Gasteiger partial charge in [-0.15, -0.1) is 0 Å². The highest BCUT2D eigenvalue weighted by molar-refractivity contribution is 7.92. The van der Waals surface area contributed by atoms with E-state index in [-0.39, 0.29) is 18.3 Å². The monoisotopic (exact) mass is 576 g/mol. The Balaban J connectivity index is 1.72. The number of nitrogens with one attached hydrogen (secondary N) is 2. The molecule has 0 saturated heterocycles. The van der Waals surface area contributed by atoms with Crippen LogP contribution in [0.2, 0.25) is 0 Å². The summed E-state index contributed by atoms with van der Waals surface area (Å²) >= 11 is 0. The summed E-state index contributed by atoms with van der Waals surface area (Å²) in [7, 11) is 0.340. The van der Waals surface area contributed by atoms with Crippen LogP contribution < -0.4 is 14.9 Å². The van der Waals surface area contributed by atoms with Gasteiger partial charge < -0.3 is 20.3 Å². The molecular formula is C31H36N4O5S. The summed E-state index contributed by atoms with van der Waals surface area (Å²) in [5.74, 6) is -0.689. The zero-order chi connectivity index (χ0) is 29.6. The molecule has 216 valence electrons. The third-order valence-electron chi connectivity index (χ3n) is 6.56. The third kappa shape index (κ3) is 6.96. The molecule has 0 bridgehead atoms. The molecule has 1 aliphatic heterocycles. The maximum absolute atomic E-state index is 13.3. The standard InChI is InChI=1S/C31H36N4O5S/c1-5-20-41(38,39)35(19-18-34(3)4)25-15-13-24(14-16-25)32-29(22-10-8-7-9-11-22)28-26-17-12-23(31(37)40-6-2)21-27(26)33-30(28)36/h7-17,21,32H,5-6,18-20H2,1-4H3,(H,33,36). The molecule has 2 N–H and O–H groups in total. The van der Waals surface area contributed by atoms with E-state index >= 15 is 0 Å². The topological polar surface area (TPSA) is 108 Å². The maximum atomic E-state index is 13.3. The lowest BCUT2D eigenvalue weighted by Crippen LogP contribution is -2.38. The number of fused-ring (bicyclic) bond motifs is 1. The van der Waals surface area contributed by atoms with Crippen LogP contribution in [0, 0.1) is 0 Å². The average molecular weight is 577 g/mol. The van der Waals surface area contributed by atoms with Crippen molar-refractivity contribution in [1.29, 1.82) is 0 Å². The van der Waals surface area contributed by atoms with Gasteiger partial charge in [-0.2, -0.15) is 0 Å². The summed E-state index contributed by atoms with van der Waals surface area (Å²) in [6.45, 7) is 4.77. The second kappa shape index (κ2) is 13.0. The normalized spacial score (nSPS) is 13.9. The Morgan fingerprint density at radius 2 is 1.63 bits per heavy atom. The molecule has 10 heteroatoms. The van der Waals surface area contributed by atoms with Gasteiger partial charge in [0.2, 0.25) is 10.0 Å².